The SMILES string of the molecule is CC(C)(C)/C(=C(/O)c1ccccc1)[C@@]12CC[C@@H]([C@H](C(C)(C)C)C1=O)C2(C)C. The molecular weight excluding hydrogens is 332 g/mol. The van der Waals surface area contributed by atoms with E-state index < -0.39 is 5.41 Å². The van der Waals surface area contributed by atoms with Crippen molar-refractivity contribution < 1.29 is 9.90 Å². The van der Waals surface area contributed by atoms with Crippen molar-refractivity contribution in [1.29, 1.82) is 0 Å². The Balaban J connectivity index is 2.31. The fourth-order valence-electron chi connectivity index (χ4n) is 6.35. The Morgan fingerprint density at radius 2 is 1.59 bits per heavy atom. The second-order valence-corrected chi connectivity index (χ2v) is 11.3. The van der Waals surface area contributed by atoms with Crippen molar-refractivity contribution in [2.45, 2.75) is 68.2 Å². The number of Topliss-reactive ketones (excluding diaryl/α,β-unsaturated/α-hetero) is 1. The van der Waals surface area contributed by atoms with Gasteiger partial charge in [-0.05, 0) is 40.6 Å². The van der Waals surface area contributed by atoms with Crippen LogP contribution in [-0.4, -0.2) is 10.9 Å². The number of carbonyl (C=O) groups excluding carboxylic acids is 1. The number of carbonyl (C=O) groups is 1. The van der Waals surface area contributed by atoms with Crippen molar-refractivity contribution in [3.05, 3.63) is 41.5 Å². The van der Waals surface area contributed by atoms with E-state index in [0.717, 1.165) is 24.0 Å². The van der Waals surface area contributed by atoms with E-state index in [1.54, 1.807) is 0 Å². The van der Waals surface area contributed by atoms with Gasteiger partial charge in [-0.2, -0.15) is 0 Å². The zero-order valence-electron chi connectivity index (χ0n) is 18.3. The molecule has 0 aromatic heterocycles. The van der Waals surface area contributed by atoms with Crippen LogP contribution in [0.15, 0.2) is 35.9 Å². The summed E-state index contributed by atoms with van der Waals surface area (Å²) in [6.45, 7) is 17.5. The maximum atomic E-state index is 14.0. The van der Waals surface area contributed by atoms with Crippen LogP contribution in [0, 0.1) is 33.5 Å². The highest BCUT2D eigenvalue weighted by atomic mass is 16.3. The lowest BCUT2D eigenvalue weighted by molar-refractivity contribution is -0.134. The first-order valence-corrected chi connectivity index (χ1v) is 10.3. The van der Waals surface area contributed by atoms with E-state index in [9.17, 15) is 9.90 Å². The standard InChI is InChI=1S/C25H36O2/c1-22(2,3)18-17-14-15-25(21(18)27,24(17,7)8)20(23(4,5)6)19(26)16-12-10-9-11-13-16/h9-13,17-18,26H,14-15H2,1-8H3/b20-19-/t17-,18-,25-/m0/s1. The average molecular weight is 369 g/mol. The summed E-state index contributed by atoms with van der Waals surface area (Å²) in [6.07, 6.45) is 1.90. The molecule has 2 nitrogen and oxygen atoms in total. The molecule has 0 heterocycles. The predicted molar refractivity (Wildman–Crippen MR) is 112 cm³/mol. The normalized spacial score (nSPS) is 31.2. The summed E-state index contributed by atoms with van der Waals surface area (Å²) in [5.74, 6) is 1.07. The van der Waals surface area contributed by atoms with Crippen LogP contribution in [0.1, 0.15) is 73.8 Å². The van der Waals surface area contributed by atoms with E-state index in [4.69, 9.17) is 0 Å². The number of hydrogen-bond acceptors (Lipinski definition) is 2. The van der Waals surface area contributed by atoms with E-state index in [1.165, 1.54) is 0 Å². The van der Waals surface area contributed by atoms with Crippen molar-refractivity contribution >= 4 is 11.5 Å². The molecule has 0 spiro atoms. The Morgan fingerprint density at radius 3 is 2.04 bits per heavy atom. The zero-order valence-corrected chi connectivity index (χ0v) is 18.3. The molecule has 3 atom stereocenters. The van der Waals surface area contributed by atoms with Crippen molar-refractivity contribution in [3.63, 3.8) is 0 Å². The monoisotopic (exact) mass is 368 g/mol. The minimum atomic E-state index is -0.589. The molecule has 1 aromatic rings. The average Bonchev–Trinajstić information content (AvgIpc) is 2.87. The van der Waals surface area contributed by atoms with Gasteiger partial charge in [-0.3, -0.25) is 4.79 Å². The Labute approximate surface area is 165 Å². The number of ketones is 1. The third-order valence-electron chi connectivity index (χ3n) is 7.36. The highest BCUT2D eigenvalue weighted by Crippen LogP contribution is 2.73. The van der Waals surface area contributed by atoms with Gasteiger partial charge < -0.3 is 5.11 Å². The highest BCUT2D eigenvalue weighted by molar-refractivity contribution is 5.97. The van der Waals surface area contributed by atoms with Gasteiger partial charge in [-0.1, -0.05) is 85.7 Å². The maximum Gasteiger partial charge on any atom is 0.147 e. The van der Waals surface area contributed by atoms with Crippen LogP contribution in [-0.2, 0) is 4.79 Å². The summed E-state index contributed by atoms with van der Waals surface area (Å²) in [5.41, 5.74) is 0.635. The third kappa shape index (κ3) is 2.70. The first-order valence-electron chi connectivity index (χ1n) is 10.3. The van der Waals surface area contributed by atoms with E-state index in [0.29, 0.717) is 17.5 Å². The molecule has 0 amide bonds. The number of aliphatic hydroxyl groups is 1. The lowest BCUT2D eigenvalue weighted by atomic mass is 9.57. The topological polar surface area (TPSA) is 37.3 Å². The Bertz CT molecular complexity index is 771. The number of fused-ring (bicyclic) bond motifs is 2. The smallest absolute Gasteiger partial charge is 0.147 e. The molecule has 27 heavy (non-hydrogen) atoms. The minimum Gasteiger partial charge on any atom is -0.507 e. The van der Waals surface area contributed by atoms with Crippen LogP contribution in [0.4, 0.5) is 0 Å². The van der Waals surface area contributed by atoms with Crippen LogP contribution in [0.3, 0.4) is 0 Å². The second-order valence-electron chi connectivity index (χ2n) is 11.3. The van der Waals surface area contributed by atoms with Crippen molar-refractivity contribution in [2.24, 2.45) is 33.5 Å². The van der Waals surface area contributed by atoms with E-state index in [1.807, 2.05) is 30.3 Å². The lowest BCUT2D eigenvalue weighted by Crippen LogP contribution is -2.44. The Hall–Kier alpha value is -1.57. The first-order chi connectivity index (χ1) is 12.3. The summed E-state index contributed by atoms with van der Waals surface area (Å²) in [5, 5.41) is 11.5. The van der Waals surface area contributed by atoms with E-state index in [2.05, 4.69) is 55.4 Å². The molecule has 0 radical (unpaired) electrons. The fraction of sp³-hybridized carbons (Fsp3) is 0.640. The number of rotatable bonds is 2. The van der Waals surface area contributed by atoms with E-state index >= 15 is 0 Å². The summed E-state index contributed by atoms with van der Waals surface area (Å²) >= 11 is 0. The van der Waals surface area contributed by atoms with Gasteiger partial charge in [-0.15, -0.1) is 0 Å². The molecule has 148 valence electrons. The summed E-state index contributed by atoms with van der Waals surface area (Å²) in [4.78, 5) is 14.0. The van der Waals surface area contributed by atoms with Gasteiger partial charge in [0.2, 0.25) is 0 Å². The van der Waals surface area contributed by atoms with Crippen molar-refractivity contribution in [1.82, 2.24) is 0 Å². The first kappa shape index (κ1) is 20.2. The minimum absolute atomic E-state index is 0.0437. The van der Waals surface area contributed by atoms with Gasteiger partial charge in [0, 0.05) is 11.5 Å². The van der Waals surface area contributed by atoms with Gasteiger partial charge >= 0.3 is 0 Å². The van der Waals surface area contributed by atoms with Crippen LogP contribution >= 0.6 is 0 Å². The van der Waals surface area contributed by atoms with Crippen LogP contribution in [0.25, 0.3) is 5.76 Å². The Morgan fingerprint density at radius 1 is 1.04 bits per heavy atom. The summed E-state index contributed by atoms with van der Waals surface area (Å²) < 4.78 is 0. The van der Waals surface area contributed by atoms with Gasteiger partial charge in [0.1, 0.15) is 11.5 Å². The molecular formula is C25H36O2. The Kier molecular flexibility index (Phi) is 4.45. The molecule has 2 aliphatic rings. The largest absolute Gasteiger partial charge is 0.507 e. The number of hydrogen-bond donors (Lipinski definition) is 1. The van der Waals surface area contributed by atoms with Gasteiger partial charge in [0.05, 0.1) is 5.41 Å². The molecule has 2 aliphatic carbocycles. The molecule has 2 bridgehead atoms. The van der Waals surface area contributed by atoms with Crippen LogP contribution in [0.5, 0.6) is 0 Å². The molecule has 1 aromatic carbocycles. The lowest BCUT2D eigenvalue weighted by Gasteiger charge is -2.45. The molecule has 0 aliphatic heterocycles. The fourth-order valence-corrected chi connectivity index (χ4v) is 6.35. The second kappa shape index (κ2) is 5.96. The molecule has 2 heteroatoms. The molecule has 3 rings (SSSR count). The third-order valence-corrected chi connectivity index (χ3v) is 7.36. The van der Waals surface area contributed by atoms with Crippen molar-refractivity contribution in [3.8, 4) is 0 Å². The summed E-state index contributed by atoms with van der Waals surface area (Å²) in [6, 6.07) is 9.73. The molecule has 2 fully saturated rings. The van der Waals surface area contributed by atoms with Gasteiger partial charge in [0.25, 0.3) is 0 Å². The predicted octanol–water partition coefficient (Wildman–Crippen LogP) is 6.67. The van der Waals surface area contributed by atoms with Crippen LogP contribution < -0.4 is 0 Å². The quantitative estimate of drug-likeness (QED) is 0.592. The number of allylic oxidation sites excluding steroid dienone is 1. The summed E-state index contributed by atoms with van der Waals surface area (Å²) in [7, 11) is 0. The van der Waals surface area contributed by atoms with Gasteiger partial charge in [0.15, 0.2) is 0 Å². The number of benzene rings is 1. The van der Waals surface area contributed by atoms with E-state index in [-0.39, 0.29) is 22.2 Å². The van der Waals surface area contributed by atoms with Gasteiger partial charge in [-0.25, -0.2) is 0 Å². The zero-order chi connectivity index (χ0) is 20.4. The van der Waals surface area contributed by atoms with Crippen LogP contribution in [0.2, 0.25) is 0 Å². The molecule has 1 N–H and O–H groups in total. The maximum absolute atomic E-state index is 14.0. The molecule has 0 saturated heterocycles. The molecule has 0 unspecified atom stereocenters. The number of aliphatic hydroxyl groups excluding tert-OH is 1. The van der Waals surface area contributed by atoms with Crippen molar-refractivity contribution in [2.75, 3.05) is 0 Å². The molecule has 2 saturated carbocycles. The highest BCUT2D eigenvalue weighted by Gasteiger charge is 2.72.